The Morgan fingerprint density at radius 3 is 3.36 bits per heavy atom. The van der Waals surface area contributed by atoms with Gasteiger partial charge in [0.25, 0.3) is 0 Å². The third kappa shape index (κ3) is 1.10. The zero-order chi connectivity index (χ0) is 7.52. The summed E-state index contributed by atoms with van der Waals surface area (Å²) < 4.78 is 0. The van der Waals surface area contributed by atoms with E-state index in [1.54, 1.807) is 12.4 Å². The number of aromatic nitrogens is 1. The Bertz CT molecular complexity index is 285. The molecule has 0 unspecified atom stereocenters. The van der Waals surface area contributed by atoms with Crippen molar-refractivity contribution in [2.24, 2.45) is 10.1 Å². The average molecular weight is 146 g/mol. The second-order valence-corrected chi connectivity index (χ2v) is 2.05. The molecule has 1 aromatic heterocycles. The number of rotatable bonds is 0. The number of hydrogen-bond acceptors (Lipinski definition) is 4. The van der Waals surface area contributed by atoms with Gasteiger partial charge < -0.3 is 0 Å². The van der Waals surface area contributed by atoms with Crippen LogP contribution in [0.2, 0.25) is 0 Å². The quantitative estimate of drug-likeness (QED) is 0.585. The molecule has 4 nitrogen and oxygen atoms in total. The molecule has 0 saturated carbocycles. The van der Waals surface area contributed by atoms with E-state index in [1.807, 2.05) is 12.1 Å². The minimum atomic E-state index is 0.786. The van der Waals surface area contributed by atoms with E-state index in [0.717, 1.165) is 11.4 Å². The minimum absolute atomic E-state index is 0.786. The maximum absolute atomic E-state index is 4.08. The molecule has 1 N–H and O–H groups in total. The predicted molar refractivity (Wildman–Crippen MR) is 43.1 cm³/mol. The Labute approximate surface area is 63.7 Å². The minimum Gasteiger partial charge on any atom is -0.268 e. The molecular formula is C7H6N4. The normalized spacial score (nSPS) is 13.5. The topological polar surface area (TPSA) is 49.6 Å². The maximum atomic E-state index is 4.08. The molecule has 4 heteroatoms. The lowest BCUT2D eigenvalue weighted by Crippen LogP contribution is -1.98. The SMILES string of the molecule is C1=NNC=Nc2cccnc21. The molecule has 0 fully saturated rings. The smallest absolute Gasteiger partial charge is 0.109 e. The lowest BCUT2D eigenvalue weighted by molar-refractivity contribution is 1.07. The Balaban J connectivity index is 2.58. The third-order valence-electron chi connectivity index (χ3n) is 1.34. The number of hydrazone groups is 1. The third-order valence-corrected chi connectivity index (χ3v) is 1.34. The molecule has 0 atom stereocenters. The molecule has 0 radical (unpaired) electrons. The van der Waals surface area contributed by atoms with Crippen LogP contribution in [-0.2, 0) is 0 Å². The molecular weight excluding hydrogens is 140 g/mol. The summed E-state index contributed by atoms with van der Waals surface area (Å²) in [5, 5.41) is 3.83. The van der Waals surface area contributed by atoms with E-state index in [4.69, 9.17) is 0 Å². The largest absolute Gasteiger partial charge is 0.268 e. The first-order valence-electron chi connectivity index (χ1n) is 3.23. The Morgan fingerprint density at radius 1 is 1.36 bits per heavy atom. The van der Waals surface area contributed by atoms with E-state index in [0.29, 0.717) is 0 Å². The highest BCUT2D eigenvalue weighted by atomic mass is 15.3. The summed E-state index contributed by atoms with van der Waals surface area (Å²) in [6.45, 7) is 0. The lowest BCUT2D eigenvalue weighted by atomic mass is 10.3. The first-order chi connectivity index (χ1) is 5.47. The van der Waals surface area contributed by atoms with Crippen molar-refractivity contribution < 1.29 is 0 Å². The highest BCUT2D eigenvalue weighted by Crippen LogP contribution is 2.13. The highest BCUT2D eigenvalue weighted by Gasteiger charge is 1.98. The van der Waals surface area contributed by atoms with Crippen LogP contribution in [0.15, 0.2) is 28.4 Å². The van der Waals surface area contributed by atoms with E-state index in [2.05, 4.69) is 20.5 Å². The van der Waals surface area contributed by atoms with E-state index >= 15 is 0 Å². The molecule has 54 valence electrons. The van der Waals surface area contributed by atoms with Gasteiger partial charge in [0, 0.05) is 6.20 Å². The van der Waals surface area contributed by atoms with Crippen molar-refractivity contribution >= 4 is 18.2 Å². The monoisotopic (exact) mass is 146 g/mol. The molecule has 2 rings (SSSR count). The van der Waals surface area contributed by atoms with Crippen molar-refractivity contribution in [2.75, 3.05) is 0 Å². The molecule has 0 spiro atoms. The summed E-state index contributed by atoms with van der Waals surface area (Å²) in [5.41, 5.74) is 4.25. The molecule has 11 heavy (non-hydrogen) atoms. The van der Waals surface area contributed by atoms with Gasteiger partial charge in [-0.05, 0) is 12.1 Å². The van der Waals surface area contributed by atoms with Gasteiger partial charge >= 0.3 is 0 Å². The van der Waals surface area contributed by atoms with Crippen molar-refractivity contribution in [3.63, 3.8) is 0 Å². The second kappa shape index (κ2) is 2.49. The van der Waals surface area contributed by atoms with Crippen molar-refractivity contribution in [2.45, 2.75) is 0 Å². The number of aliphatic imine (C=N–C) groups is 1. The molecule has 1 aliphatic heterocycles. The summed E-state index contributed by atoms with van der Waals surface area (Å²) in [4.78, 5) is 8.14. The zero-order valence-electron chi connectivity index (χ0n) is 5.73. The van der Waals surface area contributed by atoms with Gasteiger partial charge in [-0.15, -0.1) is 0 Å². The molecule has 0 bridgehead atoms. The van der Waals surface area contributed by atoms with Gasteiger partial charge in [0.05, 0.1) is 11.9 Å². The molecule has 1 aromatic rings. The predicted octanol–water partition coefficient (Wildman–Crippen LogP) is 0.678. The summed E-state index contributed by atoms with van der Waals surface area (Å²) in [5.74, 6) is 0. The van der Waals surface area contributed by atoms with E-state index in [9.17, 15) is 0 Å². The fraction of sp³-hybridized carbons (Fsp3) is 0. The van der Waals surface area contributed by atoms with Crippen LogP contribution < -0.4 is 5.43 Å². The first-order valence-corrected chi connectivity index (χ1v) is 3.23. The van der Waals surface area contributed by atoms with Crippen LogP contribution in [0.3, 0.4) is 0 Å². The summed E-state index contributed by atoms with van der Waals surface area (Å²) in [7, 11) is 0. The number of nitrogens with one attached hydrogen (secondary N) is 1. The summed E-state index contributed by atoms with van der Waals surface area (Å²) in [6, 6.07) is 3.73. The van der Waals surface area contributed by atoms with Crippen LogP contribution in [0, 0.1) is 0 Å². The molecule has 0 aliphatic carbocycles. The van der Waals surface area contributed by atoms with Crippen LogP contribution in [0.4, 0.5) is 5.69 Å². The van der Waals surface area contributed by atoms with Gasteiger partial charge in [-0.25, -0.2) is 4.99 Å². The van der Waals surface area contributed by atoms with Gasteiger partial charge in [0.1, 0.15) is 12.0 Å². The average Bonchev–Trinajstić information content (AvgIpc) is 2.28. The van der Waals surface area contributed by atoms with E-state index in [-0.39, 0.29) is 0 Å². The molecule has 2 heterocycles. The van der Waals surface area contributed by atoms with Gasteiger partial charge in [0.15, 0.2) is 0 Å². The van der Waals surface area contributed by atoms with Crippen LogP contribution in [0.25, 0.3) is 0 Å². The number of pyridine rings is 1. The highest BCUT2D eigenvalue weighted by molar-refractivity contribution is 5.86. The fourth-order valence-corrected chi connectivity index (χ4v) is 0.848. The standard InChI is InChI=1S/C7H6N4/c1-2-6-7(8-3-1)4-10-11-5-9-6/h1-5H,(H,9,11). The Hall–Kier alpha value is -1.71. The lowest BCUT2D eigenvalue weighted by Gasteiger charge is -1.92. The van der Waals surface area contributed by atoms with Crippen molar-refractivity contribution in [3.8, 4) is 0 Å². The van der Waals surface area contributed by atoms with Crippen molar-refractivity contribution in [3.05, 3.63) is 24.0 Å². The van der Waals surface area contributed by atoms with Gasteiger partial charge in [-0.3, -0.25) is 10.4 Å². The van der Waals surface area contributed by atoms with Gasteiger partial charge in [0.2, 0.25) is 0 Å². The van der Waals surface area contributed by atoms with Crippen molar-refractivity contribution in [1.29, 1.82) is 0 Å². The second-order valence-electron chi connectivity index (χ2n) is 2.05. The van der Waals surface area contributed by atoms with Crippen LogP contribution >= 0.6 is 0 Å². The molecule has 0 aromatic carbocycles. The maximum Gasteiger partial charge on any atom is 0.109 e. The summed E-state index contributed by atoms with van der Waals surface area (Å²) in [6.07, 6.45) is 4.89. The number of nitrogens with zero attached hydrogens (tertiary/aromatic N) is 3. The van der Waals surface area contributed by atoms with Gasteiger partial charge in [-0.2, -0.15) is 5.10 Å². The van der Waals surface area contributed by atoms with E-state index < -0.39 is 0 Å². The van der Waals surface area contributed by atoms with E-state index in [1.165, 1.54) is 6.34 Å². The number of fused-ring (bicyclic) bond motifs is 1. The molecule has 0 amide bonds. The Morgan fingerprint density at radius 2 is 2.36 bits per heavy atom. The fourth-order valence-electron chi connectivity index (χ4n) is 0.848. The molecule has 1 aliphatic rings. The van der Waals surface area contributed by atoms with Crippen LogP contribution in [0.1, 0.15) is 5.69 Å². The van der Waals surface area contributed by atoms with Crippen LogP contribution in [-0.4, -0.2) is 17.5 Å². The number of hydrogen-bond donors (Lipinski definition) is 1. The summed E-state index contributed by atoms with van der Waals surface area (Å²) >= 11 is 0. The van der Waals surface area contributed by atoms with Crippen molar-refractivity contribution in [1.82, 2.24) is 10.4 Å². The molecule has 0 saturated heterocycles. The first kappa shape index (κ1) is 6.03. The van der Waals surface area contributed by atoms with Gasteiger partial charge in [-0.1, -0.05) is 0 Å². The Kier molecular flexibility index (Phi) is 1.37. The zero-order valence-corrected chi connectivity index (χ0v) is 5.73. The van der Waals surface area contributed by atoms with Crippen LogP contribution in [0.5, 0.6) is 0 Å².